The lowest BCUT2D eigenvalue weighted by atomic mass is 10.00. The molecule has 34 heavy (non-hydrogen) atoms. The highest BCUT2D eigenvalue weighted by atomic mass is 19.3. The average Bonchev–Trinajstić information content (AvgIpc) is 2.80. The van der Waals surface area contributed by atoms with E-state index in [2.05, 4.69) is 38.4 Å². The minimum Gasteiger partial charge on any atom is -0.368 e. The molecule has 1 aliphatic heterocycles. The van der Waals surface area contributed by atoms with Crippen molar-refractivity contribution in [3.63, 3.8) is 0 Å². The van der Waals surface area contributed by atoms with Crippen LogP contribution in [0.3, 0.4) is 0 Å². The summed E-state index contributed by atoms with van der Waals surface area (Å²) in [5.41, 5.74) is 1.49. The summed E-state index contributed by atoms with van der Waals surface area (Å²) in [5, 5.41) is 22.9. The molecule has 0 amide bonds. The number of likely N-dealkylation sites (N-methyl/N-ethyl adjacent to an activating group) is 1. The number of anilines is 2. The largest absolute Gasteiger partial charge is 0.368 e. The fraction of sp³-hybridized carbons (Fsp3) is 0.400. The predicted octanol–water partition coefficient (Wildman–Crippen LogP) is 4.99. The number of aromatic nitrogens is 2. The Balaban J connectivity index is 1.76. The molecule has 1 N–H and O–H groups in total. The van der Waals surface area contributed by atoms with E-state index in [1.807, 2.05) is 19.1 Å². The van der Waals surface area contributed by atoms with Crippen LogP contribution in [-0.2, 0) is 5.92 Å². The molecule has 1 saturated heterocycles. The summed E-state index contributed by atoms with van der Waals surface area (Å²) in [7, 11) is 2.06. The van der Waals surface area contributed by atoms with Gasteiger partial charge in [0, 0.05) is 49.4 Å². The van der Waals surface area contributed by atoms with Crippen molar-refractivity contribution in [2.45, 2.75) is 32.7 Å². The molecule has 2 aromatic carbocycles. The van der Waals surface area contributed by atoms with E-state index in [4.69, 9.17) is 0 Å². The van der Waals surface area contributed by atoms with Crippen LogP contribution in [0.25, 0.3) is 10.8 Å². The number of hydrogen-bond donors (Lipinski definition) is 1. The predicted molar refractivity (Wildman–Crippen MR) is 127 cm³/mol. The van der Waals surface area contributed by atoms with E-state index in [0.717, 1.165) is 48.7 Å². The van der Waals surface area contributed by atoms with Crippen LogP contribution < -0.4 is 10.2 Å². The highest BCUT2D eigenvalue weighted by Gasteiger charge is 2.30. The molecule has 0 spiro atoms. The maximum Gasteiger partial charge on any atom is 0.273 e. The molecule has 1 aromatic heterocycles. The first-order chi connectivity index (χ1) is 16.1. The summed E-state index contributed by atoms with van der Waals surface area (Å²) in [6.45, 7) is 7.53. The van der Waals surface area contributed by atoms with Crippen molar-refractivity contribution in [2.24, 2.45) is 0 Å². The molecule has 0 aliphatic carbocycles. The number of piperazine rings is 1. The Morgan fingerprint density at radius 1 is 1.12 bits per heavy atom. The maximum atomic E-state index is 14.9. The van der Waals surface area contributed by atoms with Gasteiger partial charge in [-0.3, -0.25) is 0 Å². The molecule has 0 saturated carbocycles. The van der Waals surface area contributed by atoms with Crippen molar-refractivity contribution >= 4 is 22.3 Å². The normalized spacial score (nSPS) is 15.9. The summed E-state index contributed by atoms with van der Waals surface area (Å²) in [4.78, 5) is 4.41. The van der Waals surface area contributed by atoms with E-state index in [1.165, 1.54) is 12.1 Å². The Labute approximate surface area is 197 Å². The summed E-state index contributed by atoms with van der Waals surface area (Å²) < 4.78 is 42.6. The summed E-state index contributed by atoms with van der Waals surface area (Å²) >= 11 is 0. The Kier molecular flexibility index (Phi) is 6.36. The number of nitriles is 1. The lowest BCUT2D eigenvalue weighted by Crippen LogP contribution is -2.44. The number of fused-ring (bicyclic) bond motifs is 1. The number of halogens is 3. The molecule has 4 rings (SSSR count). The molecule has 2 heterocycles. The standard InChI is InChI=1S/C25H27F3N6/c1-15(18-6-5-7-21(23(18)26)25(3,27)28)30-24-20-13-22(34-10-8-33(4)9-11-34)17(14-29)12-19(20)16(2)31-32-24/h5-7,12-13,15H,8-11H2,1-4H3,(H,30,32)/t15-/m1/s1. The minimum atomic E-state index is -3.29. The molecular formula is C25H27F3N6. The molecular weight excluding hydrogens is 441 g/mol. The highest BCUT2D eigenvalue weighted by Crippen LogP contribution is 2.35. The summed E-state index contributed by atoms with van der Waals surface area (Å²) in [6, 6.07) is 9.37. The smallest absolute Gasteiger partial charge is 0.273 e. The topological polar surface area (TPSA) is 68.1 Å². The van der Waals surface area contributed by atoms with Crippen LogP contribution in [0.4, 0.5) is 24.7 Å². The van der Waals surface area contributed by atoms with Crippen LogP contribution in [0.2, 0.25) is 0 Å². The SMILES string of the molecule is Cc1nnc(N[C@H](C)c2cccc(C(C)(F)F)c2F)c2cc(N3CCN(C)CC3)c(C#N)cc12. The van der Waals surface area contributed by atoms with Gasteiger partial charge in [-0.2, -0.15) is 10.4 Å². The summed E-state index contributed by atoms with van der Waals surface area (Å²) in [5.74, 6) is -3.83. The third kappa shape index (κ3) is 4.50. The van der Waals surface area contributed by atoms with Gasteiger partial charge >= 0.3 is 0 Å². The monoisotopic (exact) mass is 468 g/mol. The van der Waals surface area contributed by atoms with Crippen molar-refractivity contribution in [3.8, 4) is 6.07 Å². The van der Waals surface area contributed by atoms with Gasteiger partial charge in [0.2, 0.25) is 0 Å². The summed E-state index contributed by atoms with van der Waals surface area (Å²) in [6.07, 6.45) is 0. The molecule has 6 nitrogen and oxygen atoms in total. The number of benzene rings is 2. The van der Waals surface area contributed by atoms with Gasteiger partial charge < -0.3 is 15.1 Å². The lowest BCUT2D eigenvalue weighted by molar-refractivity contribution is 0.0136. The lowest BCUT2D eigenvalue weighted by Gasteiger charge is -2.34. The second kappa shape index (κ2) is 9.11. The van der Waals surface area contributed by atoms with Crippen LogP contribution in [0.15, 0.2) is 30.3 Å². The Morgan fingerprint density at radius 2 is 1.82 bits per heavy atom. The Hall–Kier alpha value is -3.38. The van der Waals surface area contributed by atoms with E-state index in [-0.39, 0.29) is 5.56 Å². The first-order valence-electron chi connectivity index (χ1n) is 11.2. The van der Waals surface area contributed by atoms with Gasteiger partial charge in [0.25, 0.3) is 5.92 Å². The van der Waals surface area contributed by atoms with Gasteiger partial charge in [-0.25, -0.2) is 13.2 Å². The van der Waals surface area contributed by atoms with Crippen molar-refractivity contribution < 1.29 is 13.2 Å². The van der Waals surface area contributed by atoms with Gasteiger partial charge in [0.05, 0.1) is 28.6 Å². The van der Waals surface area contributed by atoms with E-state index in [9.17, 15) is 18.4 Å². The van der Waals surface area contributed by atoms with E-state index >= 15 is 0 Å². The third-order valence-electron chi connectivity index (χ3n) is 6.37. The van der Waals surface area contributed by atoms with Crippen LogP contribution in [-0.4, -0.2) is 48.3 Å². The molecule has 3 aromatic rings. The zero-order valence-corrected chi connectivity index (χ0v) is 19.7. The zero-order chi connectivity index (χ0) is 24.6. The van der Waals surface area contributed by atoms with E-state index in [0.29, 0.717) is 24.0 Å². The molecule has 9 heteroatoms. The second-order valence-electron chi connectivity index (χ2n) is 8.91. The van der Waals surface area contributed by atoms with Crippen molar-refractivity contribution in [1.82, 2.24) is 15.1 Å². The molecule has 178 valence electrons. The van der Waals surface area contributed by atoms with Crippen LogP contribution in [0.1, 0.15) is 42.3 Å². The molecule has 1 atom stereocenters. The van der Waals surface area contributed by atoms with Gasteiger partial charge in [-0.05, 0) is 33.0 Å². The molecule has 0 unspecified atom stereocenters. The molecule has 0 radical (unpaired) electrons. The average molecular weight is 469 g/mol. The van der Waals surface area contributed by atoms with Gasteiger partial charge in [0.1, 0.15) is 11.9 Å². The first kappa shape index (κ1) is 23.8. The second-order valence-corrected chi connectivity index (χ2v) is 8.91. The molecule has 1 aliphatic rings. The fourth-order valence-electron chi connectivity index (χ4n) is 4.33. The van der Waals surface area contributed by atoms with E-state index < -0.39 is 23.3 Å². The van der Waals surface area contributed by atoms with Crippen molar-refractivity contribution in [1.29, 1.82) is 5.26 Å². The van der Waals surface area contributed by atoms with Gasteiger partial charge in [0.15, 0.2) is 5.82 Å². The number of hydrogen-bond acceptors (Lipinski definition) is 6. The number of alkyl halides is 2. The van der Waals surface area contributed by atoms with Crippen LogP contribution in [0, 0.1) is 24.1 Å². The van der Waals surface area contributed by atoms with Crippen molar-refractivity contribution in [2.75, 3.05) is 43.4 Å². The first-order valence-corrected chi connectivity index (χ1v) is 11.2. The van der Waals surface area contributed by atoms with E-state index in [1.54, 1.807) is 6.92 Å². The zero-order valence-electron chi connectivity index (χ0n) is 19.7. The minimum absolute atomic E-state index is 0.113. The molecule has 0 bridgehead atoms. The maximum absolute atomic E-state index is 14.9. The van der Waals surface area contributed by atoms with Gasteiger partial charge in [-0.1, -0.05) is 18.2 Å². The van der Waals surface area contributed by atoms with Gasteiger partial charge in [-0.15, -0.1) is 5.10 Å². The van der Waals surface area contributed by atoms with Crippen molar-refractivity contribution in [3.05, 3.63) is 58.5 Å². The number of nitrogens with zero attached hydrogens (tertiary/aromatic N) is 5. The number of aryl methyl sites for hydroxylation is 1. The Bertz CT molecular complexity index is 1260. The fourth-order valence-corrected chi connectivity index (χ4v) is 4.33. The highest BCUT2D eigenvalue weighted by molar-refractivity contribution is 5.97. The van der Waals surface area contributed by atoms with Crippen LogP contribution in [0.5, 0.6) is 0 Å². The number of nitrogens with one attached hydrogen (secondary N) is 1. The quantitative estimate of drug-likeness (QED) is 0.569. The molecule has 1 fully saturated rings. The van der Waals surface area contributed by atoms with Crippen LogP contribution >= 0.6 is 0 Å². The Morgan fingerprint density at radius 3 is 2.47 bits per heavy atom. The number of rotatable bonds is 5. The third-order valence-corrected chi connectivity index (χ3v) is 6.37.